The number of halogens is 1. The number of rotatable bonds is 4. The van der Waals surface area contributed by atoms with Crippen LogP contribution in [-0.2, 0) is 6.42 Å². The molecule has 0 aliphatic rings. The number of aromatic carboxylic acids is 1. The Balaban J connectivity index is 1.87. The molecule has 0 heterocycles. The van der Waals surface area contributed by atoms with Gasteiger partial charge in [-0.1, -0.05) is 49.4 Å². The summed E-state index contributed by atoms with van der Waals surface area (Å²) in [6, 6.07) is 18.9. The van der Waals surface area contributed by atoms with E-state index in [2.05, 4.69) is 45.0 Å². The third kappa shape index (κ3) is 3.61. The summed E-state index contributed by atoms with van der Waals surface area (Å²) < 4.78 is 13.8. The van der Waals surface area contributed by atoms with Crippen LogP contribution in [0.1, 0.15) is 39.5 Å². The van der Waals surface area contributed by atoms with E-state index in [0.717, 1.165) is 23.1 Å². The fraction of sp³-hybridized carbons (Fsp3) is 0.179. The smallest absolute Gasteiger partial charge is 0.336 e. The standard InChI is InChI=1S/C28H25FO2/c1-5-19-7-6-16(2)26(17(19)3)21-10-8-20(9-11-21)24-14-22-12-13-23(29)15-25(22)27(18(24)4)28(30)31/h6-15H,5H2,1-4H3,(H,30,31). The summed E-state index contributed by atoms with van der Waals surface area (Å²) in [5.41, 5.74) is 8.85. The summed E-state index contributed by atoms with van der Waals surface area (Å²) in [4.78, 5) is 12.0. The van der Waals surface area contributed by atoms with E-state index >= 15 is 0 Å². The molecule has 0 fully saturated rings. The monoisotopic (exact) mass is 412 g/mol. The molecule has 4 rings (SSSR count). The Labute approximate surface area is 182 Å². The lowest BCUT2D eigenvalue weighted by Crippen LogP contribution is -2.03. The van der Waals surface area contributed by atoms with Gasteiger partial charge in [0.05, 0.1) is 5.56 Å². The van der Waals surface area contributed by atoms with Gasteiger partial charge in [0.2, 0.25) is 0 Å². The molecule has 2 nitrogen and oxygen atoms in total. The molecule has 4 aromatic carbocycles. The molecule has 0 amide bonds. The zero-order chi connectivity index (χ0) is 22.3. The van der Waals surface area contributed by atoms with Crippen LogP contribution in [0.4, 0.5) is 4.39 Å². The molecule has 0 aliphatic heterocycles. The molecule has 0 atom stereocenters. The van der Waals surface area contributed by atoms with E-state index in [1.54, 1.807) is 13.0 Å². The first-order valence-corrected chi connectivity index (χ1v) is 10.5. The Hall–Kier alpha value is -3.46. The molecule has 0 saturated heterocycles. The van der Waals surface area contributed by atoms with Gasteiger partial charge in [0, 0.05) is 0 Å². The van der Waals surface area contributed by atoms with Crippen molar-refractivity contribution in [3.63, 3.8) is 0 Å². The predicted molar refractivity (Wildman–Crippen MR) is 125 cm³/mol. The molecule has 0 aliphatic carbocycles. The van der Waals surface area contributed by atoms with Gasteiger partial charge in [-0.3, -0.25) is 0 Å². The van der Waals surface area contributed by atoms with Crippen LogP contribution >= 0.6 is 0 Å². The van der Waals surface area contributed by atoms with Crippen molar-refractivity contribution >= 4 is 16.7 Å². The van der Waals surface area contributed by atoms with Gasteiger partial charge in [-0.2, -0.15) is 0 Å². The van der Waals surface area contributed by atoms with Crippen molar-refractivity contribution in [3.05, 3.63) is 94.3 Å². The minimum atomic E-state index is -1.05. The molecule has 4 aromatic rings. The minimum absolute atomic E-state index is 0.151. The van der Waals surface area contributed by atoms with Crippen molar-refractivity contribution in [2.75, 3.05) is 0 Å². The predicted octanol–water partition coefficient (Wildman–Crippen LogP) is 7.50. The fourth-order valence-electron chi connectivity index (χ4n) is 4.58. The molecular weight excluding hydrogens is 387 g/mol. The van der Waals surface area contributed by atoms with Crippen molar-refractivity contribution in [3.8, 4) is 22.3 Å². The molecule has 0 spiro atoms. The SMILES string of the molecule is CCc1ccc(C)c(-c2ccc(-c3cc4ccc(F)cc4c(C(=O)O)c3C)cc2)c1C. The Kier molecular flexibility index (Phi) is 5.36. The quantitative estimate of drug-likeness (QED) is 0.377. The second kappa shape index (κ2) is 7.99. The van der Waals surface area contributed by atoms with E-state index in [1.165, 1.54) is 34.4 Å². The Morgan fingerprint density at radius 1 is 0.871 bits per heavy atom. The van der Waals surface area contributed by atoms with Crippen molar-refractivity contribution in [1.29, 1.82) is 0 Å². The van der Waals surface area contributed by atoms with Gasteiger partial charge < -0.3 is 5.11 Å². The van der Waals surface area contributed by atoms with Crippen LogP contribution < -0.4 is 0 Å². The molecule has 1 N–H and O–H groups in total. The van der Waals surface area contributed by atoms with Crippen LogP contribution in [0.25, 0.3) is 33.0 Å². The molecule has 0 bridgehead atoms. The highest BCUT2D eigenvalue weighted by molar-refractivity contribution is 6.07. The van der Waals surface area contributed by atoms with Crippen molar-refractivity contribution in [2.24, 2.45) is 0 Å². The summed E-state index contributed by atoms with van der Waals surface area (Å²) in [6.45, 7) is 8.25. The van der Waals surface area contributed by atoms with Crippen molar-refractivity contribution in [2.45, 2.75) is 34.1 Å². The first-order valence-electron chi connectivity index (χ1n) is 10.5. The number of benzene rings is 4. The average Bonchev–Trinajstić information content (AvgIpc) is 2.74. The van der Waals surface area contributed by atoms with E-state index in [0.29, 0.717) is 16.3 Å². The highest BCUT2D eigenvalue weighted by Crippen LogP contribution is 2.35. The number of carboxylic acids is 1. The van der Waals surface area contributed by atoms with Gasteiger partial charge in [-0.25, -0.2) is 9.18 Å². The lowest BCUT2D eigenvalue weighted by Gasteiger charge is -2.16. The zero-order valence-electron chi connectivity index (χ0n) is 18.2. The second-order valence-corrected chi connectivity index (χ2v) is 8.07. The topological polar surface area (TPSA) is 37.3 Å². The summed E-state index contributed by atoms with van der Waals surface area (Å²) in [5, 5.41) is 10.9. The second-order valence-electron chi connectivity index (χ2n) is 8.07. The largest absolute Gasteiger partial charge is 0.478 e. The Morgan fingerprint density at radius 2 is 1.55 bits per heavy atom. The van der Waals surface area contributed by atoms with E-state index in [4.69, 9.17) is 0 Å². The van der Waals surface area contributed by atoms with Crippen LogP contribution in [0.2, 0.25) is 0 Å². The molecule has 156 valence electrons. The normalized spacial score (nSPS) is 11.1. The van der Waals surface area contributed by atoms with Crippen molar-refractivity contribution < 1.29 is 14.3 Å². The number of fused-ring (bicyclic) bond motifs is 1. The summed E-state index contributed by atoms with van der Waals surface area (Å²) >= 11 is 0. The number of carbonyl (C=O) groups is 1. The number of hydrogen-bond acceptors (Lipinski definition) is 1. The number of hydrogen-bond donors (Lipinski definition) is 1. The molecular formula is C28H25FO2. The third-order valence-corrected chi connectivity index (χ3v) is 6.23. The molecule has 31 heavy (non-hydrogen) atoms. The van der Waals surface area contributed by atoms with E-state index in [1.807, 2.05) is 18.2 Å². The van der Waals surface area contributed by atoms with E-state index < -0.39 is 11.8 Å². The first-order chi connectivity index (χ1) is 14.8. The summed E-state index contributed by atoms with van der Waals surface area (Å²) in [7, 11) is 0. The fourth-order valence-corrected chi connectivity index (χ4v) is 4.58. The highest BCUT2D eigenvalue weighted by Gasteiger charge is 2.18. The maximum atomic E-state index is 13.8. The third-order valence-electron chi connectivity index (χ3n) is 6.23. The molecule has 3 heteroatoms. The van der Waals surface area contributed by atoms with E-state index in [9.17, 15) is 14.3 Å². The van der Waals surface area contributed by atoms with Crippen LogP contribution in [0, 0.1) is 26.6 Å². The number of aryl methyl sites for hydroxylation is 2. The maximum absolute atomic E-state index is 13.8. The van der Waals surface area contributed by atoms with Crippen LogP contribution in [0.15, 0.2) is 60.7 Å². The van der Waals surface area contributed by atoms with Crippen molar-refractivity contribution in [1.82, 2.24) is 0 Å². The lowest BCUT2D eigenvalue weighted by molar-refractivity contribution is 0.0698. The van der Waals surface area contributed by atoms with Crippen LogP contribution in [0.5, 0.6) is 0 Å². The molecule has 0 unspecified atom stereocenters. The maximum Gasteiger partial charge on any atom is 0.336 e. The van der Waals surface area contributed by atoms with Gasteiger partial charge in [0.25, 0.3) is 0 Å². The van der Waals surface area contributed by atoms with E-state index in [-0.39, 0.29) is 5.56 Å². The Morgan fingerprint density at radius 3 is 2.19 bits per heavy atom. The summed E-state index contributed by atoms with van der Waals surface area (Å²) in [5.74, 6) is -1.49. The van der Waals surface area contributed by atoms with Crippen LogP contribution in [0.3, 0.4) is 0 Å². The Bertz CT molecular complexity index is 1320. The lowest BCUT2D eigenvalue weighted by atomic mass is 9.88. The van der Waals surface area contributed by atoms with Gasteiger partial charge in [-0.15, -0.1) is 0 Å². The summed E-state index contributed by atoms with van der Waals surface area (Å²) in [6.07, 6.45) is 0.992. The molecule has 0 aromatic heterocycles. The minimum Gasteiger partial charge on any atom is -0.478 e. The first kappa shape index (κ1) is 20.8. The average molecular weight is 413 g/mol. The van der Waals surface area contributed by atoms with Gasteiger partial charge >= 0.3 is 5.97 Å². The molecule has 0 radical (unpaired) electrons. The molecule has 0 saturated carbocycles. The highest BCUT2D eigenvalue weighted by atomic mass is 19.1. The van der Waals surface area contributed by atoms with Gasteiger partial charge in [0.15, 0.2) is 0 Å². The van der Waals surface area contributed by atoms with Crippen LogP contribution in [-0.4, -0.2) is 11.1 Å². The number of carboxylic acid groups (broad SMARTS) is 1. The van der Waals surface area contributed by atoms with Gasteiger partial charge in [-0.05, 0) is 101 Å². The zero-order valence-corrected chi connectivity index (χ0v) is 18.2. The van der Waals surface area contributed by atoms with Gasteiger partial charge in [0.1, 0.15) is 5.82 Å².